The average molecular weight is 269 g/mol. The zero-order chi connectivity index (χ0) is 14.6. The Morgan fingerprint density at radius 1 is 1.47 bits per heavy atom. The smallest absolute Gasteiger partial charge is 0.325 e. The molecule has 0 aliphatic rings. The molecule has 1 amide bonds. The van der Waals surface area contributed by atoms with Gasteiger partial charge in [0.25, 0.3) is 5.91 Å². The Morgan fingerprint density at radius 2 is 2.11 bits per heavy atom. The zero-order valence-electron chi connectivity index (χ0n) is 11.0. The van der Waals surface area contributed by atoms with Gasteiger partial charge < -0.3 is 19.8 Å². The van der Waals surface area contributed by atoms with Crippen molar-refractivity contribution >= 4 is 17.7 Å². The number of amides is 1. The number of carbonyl (C=O) groups excluding carboxylic acids is 2. The van der Waals surface area contributed by atoms with E-state index in [0.717, 1.165) is 4.90 Å². The molecule has 1 aromatic heterocycles. The second kappa shape index (κ2) is 5.98. The summed E-state index contributed by atoms with van der Waals surface area (Å²) in [5.41, 5.74) is 0.137. The average Bonchev–Trinajstić information content (AvgIpc) is 2.70. The first-order valence-electron chi connectivity index (χ1n) is 5.59. The quantitative estimate of drug-likeness (QED) is 0.442. The molecule has 8 heteroatoms. The highest BCUT2D eigenvalue weighted by molar-refractivity contribution is 5.95. The molecule has 0 aromatic carbocycles. The highest BCUT2D eigenvalue weighted by atomic mass is 16.6. The van der Waals surface area contributed by atoms with Crippen molar-refractivity contribution in [2.45, 2.75) is 6.92 Å². The van der Waals surface area contributed by atoms with Crippen molar-refractivity contribution in [3.8, 4) is 0 Å². The minimum absolute atomic E-state index is 0.137. The van der Waals surface area contributed by atoms with E-state index in [0.29, 0.717) is 0 Å². The third-order valence-electron chi connectivity index (χ3n) is 2.52. The summed E-state index contributed by atoms with van der Waals surface area (Å²) in [6.07, 6.45) is 0. The van der Waals surface area contributed by atoms with E-state index in [4.69, 9.17) is 4.74 Å². The monoisotopic (exact) mass is 269 g/mol. The second-order valence-corrected chi connectivity index (χ2v) is 3.86. The number of hydrogen-bond donors (Lipinski definition) is 0. The lowest BCUT2D eigenvalue weighted by Gasteiger charge is -2.14. The predicted molar refractivity (Wildman–Crippen MR) is 65.7 cm³/mol. The van der Waals surface area contributed by atoms with Crippen molar-refractivity contribution < 1.29 is 19.2 Å². The first-order valence-corrected chi connectivity index (χ1v) is 5.59. The fourth-order valence-corrected chi connectivity index (χ4v) is 1.57. The molecule has 0 saturated carbocycles. The van der Waals surface area contributed by atoms with Crippen LogP contribution in [-0.2, 0) is 16.6 Å². The van der Waals surface area contributed by atoms with Crippen molar-refractivity contribution in [1.29, 1.82) is 0 Å². The Bertz CT molecular complexity index is 508. The minimum Gasteiger partial charge on any atom is -0.465 e. The maximum Gasteiger partial charge on any atom is 0.325 e. The lowest BCUT2D eigenvalue weighted by molar-refractivity contribution is -0.391. The number of nitro groups is 1. The number of rotatable bonds is 5. The van der Waals surface area contributed by atoms with Gasteiger partial charge in [-0.05, 0) is 17.9 Å². The molecule has 0 fully saturated rings. The number of nitrogens with zero attached hydrogens (tertiary/aromatic N) is 3. The van der Waals surface area contributed by atoms with Crippen LogP contribution in [0.4, 0.5) is 5.82 Å². The van der Waals surface area contributed by atoms with Crippen LogP contribution in [0.1, 0.15) is 17.4 Å². The highest BCUT2D eigenvalue weighted by Gasteiger charge is 2.24. The van der Waals surface area contributed by atoms with Gasteiger partial charge in [-0.2, -0.15) is 0 Å². The maximum absolute atomic E-state index is 12.0. The molecule has 0 radical (unpaired) electrons. The first-order chi connectivity index (χ1) is 8.88. The molecule has 104 valence electrons. The SMILES string of the molecule is CCOC(=O)CN(C)C(=O)c1ccc([N+](=O)[O-])n1C. The van der Waals surface area contributed by atoms with E-state index < -0.39 is 16.8 Å². The maximum atomic E-state index is 12.0. The molecule has 19 heavy (non-hydrogen) atoms. The highest BCUT2D eigenvalue weighted by Crippen LogP contribution is 2.16. The molecule has 0 bridgehead atoms. The summed E-state index contributed by atoms with van der Waals surface area (Å²) in [4.78, 5) is 34.5. The van der Waals surface area contributed by atoms with Gasteiger partial charge in [-0.25, -0.2) is 4.57 Å². The summed E-state index contributed by atoms with van der Waals surface area (Å²) in [6, 6.07) is 2.59. The summed E-state index contributed by atoms with van der Waals surface area (Å²) < 4.78 is 5.90. The topological polar surface area (TPSA) is 94.7 Å². The second-order valence-electron chi connectivity index (χ2n) is 3.86. The molecular weight excluding hydrogens is 254 g/mol. The van der Waals surface area contributed by atoms with Crippen molar-refractivity contribution in [2.75, 3.05) is 20.2 Å². The van der Waals surface area contributed by atoms with Crippen molar-refractivity contribution in [3.05, 3.63) is 27.9 Å². The van der Waals surface area contributed by atoms with Gasteiger partial charge in [-0.3, -0.25) is 9.59 Å². The summed E-state index contributed by atoms with van der Waals surface area (Å²) >= 11 is 0. The van der Waals surface area contributed by atoms with Gasteiger partial charge in [0.15, 0.2) is 5.69 Å². The number of aromatic nitrogens is 1. The molecule has 8 nitrogen and oxygen atoms in total. The van der Waals surface area contributed by atoms with Crippen LogP contribution in [0.15, 0.2) is 12.1 Å². The van der Waals surface area contributed by atoms with E-state index in [2.05, 4.69) is 0 Å². The fraction of sp³-hybridized carbons (Fsp3) is 0.455. The predicted octanol–water partition coefficient (Wildman–Crippen LogP) is 0.568. The van der Waals surface area contributed by atoms with E-state index in [1.165, 1.54) is 30.8 Å². The standard InChI is InChI=1S/C11H15N3O5/c1-4-19-10(15)7-12(2)11(16)8-5-6-9(13(8)3)14(17)18/h5-6H,4,7H2,1-3H3. The van der Waals surface area contributed by atoms with Crippen LogP contribution in [0.25, 0.3) is 0 Å². The Morgan fingerprint density at radius 3 is 2.58 bits per heavy atom. The van der Waals surface area contributed by atoms with E-state index in [1.54, 1.807) is 6.92 Å². The first kappa shape index (κ1) is 14.7. The molecule has 0 N–H and O–H groups in total. The summed E-state index contributed by atoms with van der Waals surface area (Å²) in [7, 11) is 2.85. The molecule has 0 aliphatic carbocycles. The van der Waals surface area contributed by atoms with Crippen LogP contribution >= 0.6 is 0 Å². The third-order valence-corrected chi connectivity index (χ3v) is 2.52. The largest absolute Gasteiger partial charge is 0.465 e. The number of likely N-dealkylation sites (N-methyl/N-ethyl adjacent to an activating group) is 1. The number of carbonyl (C=O) groups is 2. The van der Waals surface area contributed by atoms with Gasteiger partial charge in [0.05, 0.1) is 13.7 Å². The van der Waals surface area contributed by atoms with Crippen LogP contribution in [0.2, 0.25) is 0 Å². The molecule has 1 rings (SSSR count). The zero-order valence-corrected chi connectivity index (χ0v) is 11.0. The van der Waals surface area contributed by atoms with Crippen LogP contribution < -0.4 is 0 Å². The van der Waals surface area contributed by atoms with Gasteiger partial charge in [-0.15, -0.1) is 0 Å². The molecule has 0 atom stereocenters. The number of esters is 1. The Balaban J connectivity index is 2.83. The number of hydrogen-bond acceptors (Lipinski definition) is 5. The Hall–Kier alpha value is -2.38. The fourth-order valence-electron chi connectivity index (χ4n) is 1.57. The van der Waals surface area contributed by atoms with Crippen LogP contribution in [-0.4, -0.2) is 46.5 Å². The molecule has 0 unspecified atom stereocenters. The molecule has 0 aliphatic heterocycles. The van der Waals surface area contributed by atoms with Gasteiger partial charge in [0.2, 0.25) is 0 Å². The van der Waals surface area contributed by atoms with Crippen molar-refractivity contribution in [3.63, 3.8) is 0 Å². The lowest BCUT2D eigenvalue weighted by Crippen LogP contribution is -2.34. The van der Waals surface area contributed by atoms with Gasteiger partial charge in [0.1, 0.15) is 6.54 Å². The minimum atomic E-state index is -0.581. The lowest BCUT2D eigenvalue weighted by atomic mass is 10.3. The molecule has 1 heterocycles. The molecule has 0 spiro atoms. The van der Waals surface area contributed by atoms with Gasteiger partial charge in [-0.1, -0.05) is 0 Å². The normalized spacial score (nSPS) is 10.1. The third kappa shape index (κ3) is 3.30. The van der Waals surface area contributed by atoms with E-state index in [9.17, 15) is 19.7 Å². The van der Waals surface area contributed by atoms with Gasteiger partial charge in [0, 0.05) is 13.1 Å². The van der Waals surface area contributed by atoms with Crippen LogP contribution in [0, 0.1) is 10.1 Å². The Kier molecular flexibility index (Phi) is 4.62. The van der Waals surface area contributed by atoms with Crippen LogP contribution in [0.3, 0.4) is 0 Å². The molecular formula is C11H15N3O5. The van der Waals surface area contributed by atoms with E-state index in [-0.39, 0.29) is 24.7 Å². The van der Waals surface area contributed by atoms with E-state index >= 15 is 0 Å². The summed E-state index contributed by atoms with van der Waals surface area (Å²) in [5.74, 6) is -1.20. The summed E-state index contributed by atoms with van der Waals surface area (Å²) in [6.45, 7) is 1.70. The van der Waals surface area contributed by atoms with Crippen molar-refractivity contribution in [1.82, 2.24) is 9.47 Å². The van der Waals surface area contributed by atoms with Gasteiger partial charge >= 0.3 is 11.8 Å². The molecule has 1 aromatic rings. The van der Waals surface area contributed by atoms with E-state index in [1.807, 2.05) is 0 Å². The van der Waals surface area contributed by atoms with Crippen LogP contribution in [0.5, 0.6) is 0 Å². The number of ether oxygens (including phenoxy) is 1. The Labute approximate surface area is 109 Å². The summed E-state index contributed by atoms with van der Waals surface area (Å²) in [5, 5.41) is 10.7. The van der Waals surface area contributed by atoms with Crippen molar-refractivity contribution in [2.24, 2.45) is 7.05 Å². The molecule has 0 saturated heterocycles.